The largest absolute Gasteiger partial charge is 0.454 e. The van der Waals surface area contributed by atoms with Crippen LogP contribution in [0, 0.1) is 17.8 Å². The van der Waals surface area contributed by atoms with Gasteiger partial charge < -0.3 is 44.5 Å². The second-order valence-corrected chi connectivity index (χ2v) is 15.0. The summed E-state index contributed by atoms with van der Waals surface area (Å²) >= 11 is 0. The van der Waals surface area contributed by atoms with Crippen LogP contribution in [-0.4, -0.2) is 118 Å². The first-order valence-electron chi connectivity index (χ1n) is 17.4. The number of H-pyrrole nitrogens is 1. The average molecular weight is 670 g/mol. The number of aliphatic hydroxyl groups excluding tert-OH is 1. The minimum absolute atomic E-state index is 0.0349. The first-order chi connectivity index (χ1) is 22.6. The molecule has 0 bridgehead atoms. The van der Waals surface area contributed by atoms with Gasteiger partial charge in [-0.15, -0.1) is 0 Å². The lowest BCUT2D eigenvalue weighted by atomic mass is 9.78. The molecule has 48 heavy (non-hydrogen) atoms. The van der Waals surface area contributed by atoms with Crippen LogP contribution in [0.1, 0.15) is 66.9 Å². The fourth-order valence-corrected chi connectivity index (χ4v) is 7.83. The SMILES string of the molecule is CC(C)/N=C1/O[C@H]2[C@H](O[C@@H]3[C@@H](C)[C@H](O)[C@@H](C)C(=O)N[C@@H](Cc4c[nH]c5ccccc45)C(=O)N(C)C[C@H](C)C[C@@]3(C)O)O[C@H](C)C[C@@H]2N1C. The number of benzene rings is 1. The second-order valence-electron chi connectivity index (χ2n) is 15.0. The molecule has 3 aliphatic rings. The Labute approximate surface area is 284 Å². The van der Waals surface area contributed by atoms with Crippen molar-refractivity contribution in [2.75, 3.05) is 20.6 Å². The van der Waals surface area contributed by atoms with Crippen LogP contribution in [-0.2, 0) is 30.2 Å². The molecule has 3 fully saturated rings. The zero-order chi connectivity index (χ0) is 35.1. The molecule has 12 heteroatoms. The summed E-state index contributed by atoms with van der Waals surface area (Å²) in [6.45, 7) is 13.4. The molecule has 4 heterocycles. The summed E-state index contributed by atoms with van der Waals surface area (Å²) in [5.41, 5.74) is 0.398. The van der Waals surface area contributed by atoms with E-state index < -0.39 is 54.0 Å². The Morgan fingerprint density at radius 2 is 1.85 bits per heavy atom. The number of para-hydroxylation sites is 1. The number of aromatic nitrogens is 1. The molecule has 0 radical (unpaired) electrons. The summed E-state index contributed by atoms with van der Waals surface area (Å²) < 4.78 is 19.3. The Morgan fingerprint density at radius 3 is 2.56 bits per heavy atom. The number of nitrogens with one attached hydrogen (secondary N) is 2. The Balaban J connectivity index is 1.43. The number of rotatable bonds is 5. The van der Waals surface area contributed by atoms with E-state index in [0.29, 0.717) is 19.0 Å². The lowest BCUT2D eigenvalue weighted by Crippen LogP contribution is -2.57. The van der Waals surface area contributed by atoms with Gasteiger partial charge in [0.2, 0.25) is 11.8 Å². The number of likely N-dealkylation sites (N-methyl/N-ethyl adjacent to an activating group) is 2. The second kappa shape index (κ2) is 14.3. The van der Waals surface area contributed by atoms with Gasteiger partial charge in [0.1, 0.15) is 6.04 Å². The molecule has 2 amide bonds. The van der Waals surface area contributed by atoms with Crippen LogP contribution in [0.5, 0.6) is 0 Å². The fourth-order valence-electron chi connectivity index (χ4n) is 7.83. The maximum Gasteiger partial charge on any atom is 0.288 e. The van der Waals surface area contributed by atoms with Gasteiger partial charge in [0, 0.05) is 56.1 Å². The number of hydrogen-bond donors (Lipinski definition) is 4. The summed E-state index contributed by atoms with van der Waals surface area (Å²) in [5, 5.41) is 27.8. The number of ether oxygens (including phenoxy) is 3. The molecule has 0 unspecified atom stereocenters. The fraction of sp³-hybridized carbons (Fsp3) is 0.694. The molecule has 266 valence electrons. The van der Waals surface area contributed by atoms with E-state index in [9.17, 15) is 19.8 Å². The summed E-state index contributed by atoms with van der Waals surface area (Å²) in [5.74, 6) is -2.45. The highest BCUT2D eigenvalue weighted by atomic mass is 16.7. The van der Waals surface area contributed by atoms with Crippen LogP contribution in [0.2, 0.25) is 0 Å². The number of aromatic amines is 1. The van der Waals surface area contributed by atoms with Crippen LogP contribution in [0.4, 0.5) is 0 Å². The number of amidine groups is 1. The van der Waals surface area contributed by atoms with E-state index in [4.69, 9.17) is 14.2 Å². The van der Waals surface area contributed by atoms with Crippen molar-refractivity contribution in [3.05, 3.63) is 36.0 Å². The van der Waals surface area contributed by atoms with E-state index in [0.717, 1.165) is 16.5 Å². The van der Waals surface area contributed by atoms with E-state index in [1.54, 1.807) is 32.7 Å². The van der Waals surface area contributed by atoms with Gasteiger partial charge in [-0.1, -0.05) is 39.0 Å². The highest BCUT2D eigenvalue weighted by Gasteiger charge is 2.52. The standard InChI is InChI=1S/C36H55N5O7/c1-19(2)38-35-41(9)28-14-21(4)46-34(30(28)47-35)48-31-22(5)29(42)23(6)32(43)39-27(15-24-17-37-26-13-11-10-12-25(24)26)33(44)40(8)18-20(3)16-36(31,7)45/h10-13,17,19-23,27-31,34,37,42,45H,14-16,18H2,1-9H3,(H,39,43)/b38-35+/t20-,21-,22+,23-,27+,28+,29+,30-,31-,34+,36-/m1/s1. The number of fused-ring (bicyclic) bond motifs is 2. The van der Waals surface area contributed by atoms with Gasteiger partial charge in [-0.2, -0.15) is 0 Å². The van der Waals surface area contributed by atoms with Gasteiger partial charge in [0.05, 0.1) is 35.9 Å². The lowest BCUT2D eigenvalue weighted by molar-refractivity contribution is -0.288. The Kier molecular flexibility index (Phi) is 10.8. The first-order valence-corrected chi connectivity index (χ1v) is 17.4. The topological polar surface area (TPSA) is 149 Å². The van der Waals surface area contributed by atoms with Crippen molar-refractivity contribution in [2.24, 2.45) is 22.7 Å². The molecule has 12 nitrogen and oxygen atoms in total. The molecule has 11 atom stereocenters. The average Bonchev–Trinajstić information content (AvgIpc) is 3.56. The smallest absolute Gasteiger partial charge is 0.288 e. The zero-order valence-corrected chi connectivity index (χ0v) is 29.8. The molecule has 2 aromatic rings. The van der Waals surface area contributed by atoms with Gasteiger partial charge in [-0.05, 0) is 58.1 Å². The van der Waals surface area contributed by atoms with Crippen LogP contribution in [0.15, 0.2) is 35.5 Å². The maximum absolute atomic E-state index is 13.9. The molecule has 0 saturated carbocycles. The molecule has 0 aliphatic carbocycles. The van der Waals surface area contributed by atoms with Gasteiger partial charge in [0.25, 0.3) is 6.02 Å². The molecule has 1 aromatic carbocycles. The summed E-state index contributed by atoms with van der Waals surface area (Å²) in [7, 11) is 3.67. The number of carbonyl (C=O) groups excluding carboxylic acids is 2. The van der Waals surface area contributed by atoms with E-state index in [1.165, 1.54) is 0 Å². The Morgan fingerprint density at radius 1 is 1.15 bits per heavy atom. The Hall–Kier alpha value is -3.19. The summed E-state index contributed by atoms with van der Waals surface area (Å²) in [6.07, 6.45) is -0.518. The highest BCUT2D eigenvalue weighted by Crippen LogP contribution is 2.38. The third kappa shape index (κ3) is 7.51. The van der Waals surface area contributed by atoms with Crippen molar-refractivity contribution in [3.8, 4) is 0 Å². The van der Waals surface area contributed by atoms with Crippen LogP contribution in [0.3, 0.4) is 0 Å². The predicted molar refractivity (Wildman–Crippen MR) is 183 cm³/mol. The molecular weight excluding hydrogens is 614 g/mol. The lowest BCUT2D eigenvalue weighted by Gasteiger charge is -2.45. The number of hydrogen-bond acceptors (Lipinski definition) is 8. The van der Waals surface area contributed by atoms with E-state index in [2.05, 4.69) is 15.3 Å². The third-order valence-corrected chi connectivity index (χ3v) is 10.3. The Bertz CT molecular complexity index is 1480. The quantitative estimate of drug-likeness (QED) is 0.380. The number of carbonyl (C=O) groups is 2. The van der Waals surface area contributed by atoms with Gasteiger partial charge in [0.15, 0.2) is 12.4 Å². The highest BCUT2D eigenvalue weighted by molar-refractivity contribution is 5.90. The van der Waals surface area contributed by atoms with Crippen molar-refractivity contribution in [1.82, 2.24) is 20.1 Å². The maximum atomic E-state index is 13.9. The van der Waals surface area contributed by atoms with Crippen molar-refractivity contribution >= 4 is 28.7 Å². The number of nitrogens with zero attached hydrogens (tertiary/aromatic N) is 3. The number of aliphatic hydroxyl groups is 2. The van der Waals surface area contributed by atoms with E-state index in [1.807, 2.05) is 70.1 Å². The summed E-state index contributed by atoms with van der Waals surface area (Å²) in [6, 6.07) is 7.50. The third-order valence-electron chi connectivity index (χ3n) is 10.3. The first kappa shape index (κ1) is 36.1. The van der Waals surface area contributed by atoms with E-state index >= 15 is 0 Å². The molecule has 4 N–H and O–H groups in total. The minimum Gasteiger partial charge on any atom is -0.454 e. The van der Waals surface area contributed by atoms with Crippen molar-refractivity contribution in [2.45, 2.75) is 122 Å². The van der Waals surface area contributed by atoms with Crippen molar-refractivity contribution < 1.29 is 34.0 Å². The van der Waals surface area contributed by atoms with Gasteiger partial charge >= 0.3 is 0 Å². The monoisotopic (exact) mass is 669 g/mol. The minimum atomic E-state index is -1.46. The molecule has 0 spiro atoms. The number of amides is 2. The van der Waals surface area contributed by atoms with Crippen molar-refractivity contribution in [1.29, 1.82) is 0 Å². The zero-order valence-electron chi connectivity index (χ0n) is 29.8. The van der Waals surface area contributed by atoms with Crippen LogP contribution in [0.25, 0.3) is 10.9 Å². The summed E-state index contributed by atoms with van der Waals surface area (Å²) in [4.78, 5) is 39.2. The molecule has 5 rings (SSSR count). The predicted octanol–water partition coefficient (Wildman–Crippen LogP) is 3.06. The van der Waals surface area contributed by atoms with Crippen molar-refractivity contribution in [3.63, 3.8) is 0 Å². The normalized spacial score (nSPS) is 38.0. The van der Waals surface area contributed by atoms with Gasteiger partial charge in [-0.3, -0.25) is 9.59 Å². The van der Waals surface area contributed by atoms with Crippen LogP contribution >= 0.6 is 0 Å². The number of aliphatic imine (C=N–C) groups is 1. The van der Waals surface area contributed by atoms with Gasteiger partial charge in [-0.25, -0.2) is 4.99 Å². The molecular formula is C36H55N5O7. The van der Waals surface area contributed by atoms with Crippen LogP contribution < -0.4 is 5.32 Å². The molecule has 1 aromatic heterocycles. The molecule has 3 saturated heterocycles. The van der Waals surface area contributed by atoms with E-state index in [-0.39, 0.29) is 42.9 Å². The molecule has 3 aliphatic heterocycles.